The Morgan fingerprint density at radius 3 is 2.68 bits per heavy atom. The van der Waals surface area contributed by atoms with E-state index in [1.54, 1.807) is 12.1 Å². The van der Waals surface area contributed by atoms with Crippen LogP contribution in [-0.2, 0) is 9.53 Å². The average molecular weight is 286 g/mol. The molecule has 1 aromatic carbocycles. The molecule has 0 heterocycles. The van der Waals surface area contributed by atoms with E-state index in [2.05, 4.69) is 5.32 Å². The van der Waals surface area contributed by atoms with E-state index in [0.717, 1.165) is 25.3 Å². The van der Waals surface area contributed by atoms with Crippen LogP contribution in [0.2, 0.25) is 5.02 Å². The zero-order valence-electron chi connectivity index (χ0n) is 11.2. The van der Waals surface area contributed by atoms with E-state index in [-0.39, 0.29) is 5.97 Å². The first-order chi connectivity index (χ1) is 9.22. The Balaban J connectivity index is 1.96. The lowest BCUT2D eigenvalue weighted by molar-refractivity contribution is -0.143. The largest absolute Gasteiger partial charge is 0.492 e. The third-order valence-electron chi connectivity index (χ3n) is 2.40. The van der Waals surface area contributed by atoms with Crippen LogP contribution in [0, 0.1) is 0 Å². The van der Waals surface area contributed by atoms with Gasteiger partial charge in [0.25, 0.3) is 0 Å². The van der Waals surface area contributed by atoms with E-state index in [9.17, 15) is 4.79 Å². The highest BCUT2D eigenvalue weighted by Gasteiger charge is 2.00. The second-order valence-corrected chi connectivity index (χ2v) is 4.40. The van der Waals surface area contributed by atoms with Crippen molar-refractivity contribution in [2.24, 2.45) is 0 Å². The van der Waals surface area contributed by atoms with Crippen LogP contribution in [0.5, 0.6) is 5.75 Å². The summed E-state index contributed by atoms with van der Waals surface area (Å²) in [4.78, 5) is 11.1. The van der Waals surface area contributed by atoms with Gasteiger partial charge in [0.15, 0.2) is 0 Å². The molecule has 0 amide bonds. The molecular weight excluding hydrogens is 266 g/mol. The maximum atomic E-state index is 11.1. The summed E-state index contributed by atoms with van der Waals surface area (Å²) in [5.74, 6) is 0.666. The zero-order valence-corrected chi connectivity index (χ0v) is 11.9. The molecule has 0 bridgehead atoms. The van der Waals surface area contributed by atoms with Gasteiger partial charge < -0.3 is 14.8 Å². The minimum absolute atomic E-state index is 0.137. The smallest absolute Gasteiger partial charge is 0.305 e. The third-order valence-corrected chi connectivity index (χ3v) is 2.65. The fourth-order valence-corrected chi connectivity index (χ4v) is 1.61. The van der Waals surface area contributed by atoms with Crippen LogP contribution in [0.1, 0.15) is 19.8 Å². The molecule has 1 rings (SSSR count). The monoisotopic (exact) mass is 285 g/mol. The normalized spacial score (nSPS) is 10.2. The molecule has 5 heteroatoms. The standard InChI is InChI=1S/C14H20ClNO3/c1-2-18-14(17)4-3-9-16-10-11-19-13-7-5-12(15)6-8-13/h5-8,16H,2-4,9-11H2,1H3. The summed E-state index contributed by atoms with van der Waals surface area (Å²) in [6.07, 6.45) is 1.23. The predicted molar refractivity (Wildman–Crippen MR) is 75.7 cm³/mol. The van der Waals surface area contributed by atoms with E-state index in [4.69, 9.17) is 21.1 Å². The fraction of sp³-hybridized carbons (Fsp3) is 0.500. The maximum Gasteiger partial charge on any atom is 0.305 e. The van der Waals surface area contributed by atoms with Crippen LogP contribution < -0.4 is 10.1 Å². The van der Waals surface area contributed by atoms with Crippen LogP contribution >= 0.6 is 11.6 Å². The Morgan fingerprint density at radius 1 is 1.26 bits per heavy atom. The van der Waals surface area contributed by atoms with Crippen LogP contribution in [-0.4, -0.2) is 32.3 Å². The highest BCUT2D eigenvalue weighted by atomic mass is 35.5. The number of nitrogens with one attached hydrogen (secondary N) is 1. The van der Waals surface area contributed by atoms with Crippen molar-refractivity contribution in [1.82, 2.24) is 5.32 Å². The van der Waals surface area contributed by atoms with Gasteiger partial charge in [-0.1, -0.05) is 11.6 Å². The lowest BCUT2D eigenvalue weighted by atomic mass is 10.3. The Hall–Kier alpha value is -1.26. The van der Waals surface area contributed by atoms with Crippen LogP contribution in [0.4, 0.5) is 0 Å². The summed E-state index contributed by atoms with van der Waals surface area (Å²) in [5.41, 5.74) is 0. The number of rotatable bonds is 9. The molecule has 0 spiro atoms. The number of ether oxygens (including phenoxy) is 2. The third kappa shape index (κ3) is 7.70. The molecule has 0 atom stereocenters. The van der Waals surface area contributed by atoms with Gasteiger partial charge in [0.2, 0.25) is 0 Å². The van der Waals surface area contributed by atoms with E-state index < -0.39 is 0 Å². The molecule has 0 radical (unpaired) electrons. The Bertz CT molecular complexity index is 367. The zero-order chi connectivity index (χ0) is 13.9. The minimum Gasteiger partial charge on any atom is -0.492 e. The number of esters is 1. The first-order valence-electron chi connectivity index (χ1n) is 6.47. The van der Waals surface area contributed by atoms with Crippen molar-refractivity contribution in [3.63, 3.8) is 0 Å². The Labute approximate surface area is 119 Å². The highest BCUT2D eigenvalue weighted by molar-refractivity contribution is 6.30. The maximum absolute atomic E-state index is 11.1. The molecule has 0 unspecified atom stereocenters. The summed E-state index contributed by atoms with van der Waals surface area (Å²) >= 11 is 5.77. The topological polar surface area (TPSA) is 47.6 Å². The van der Waals surface area contributed by atoms with Gasteiger partial charge in [-0.3, -0.25) is 4.79 Å². The van der Waals surface area contributed by atoms with Crippen LogP contribution in [0.15, 0.2) is 24.3 Å². The molecule has 0 aliphatic carbocycles. The summed E-state index contributed by atoms with van der Waals surface area (Å²) in [7, 11) is 0. The molecule has 0 saturated carbocycles. The van der Waals surface area contributed by atoms with Gasteiger partial charge in [0, 0.05) is 18.0 Å². The van der Waals surface area contributed by atoms with Crippen molar-refractivity contribution in [1.29, 1.82) is 0 Å². The Morgan fingerprint density at radius 2 is 2.00 bits per heavy atom. The minimum atomic E-state index is -0.137. The number of carbonyl (C=O) groups excluding carboxylic acids is 1. The molecule has 1 aromatic rings. The summed E-state index contributed by atoms with van der Waals surface area (Å²) in [6.45, 7) is 4.36. The van der Waals surface area contributed by atoms with E-state index in [1.165, 1.54) is 0 Å². The molecule has 0 saturated heterocycles. The fourth-order valence-electron chi connectivity index (χ4n) is 1.49. The summed E-state index contributed by atoms with van der Waals surface area (Å²) < 4.78 is 10.3. The lowest BCUT2D eigenvalue weighted by Gasteiger charge is -2.07. The van der Waals surface area contributed by atoms with Gasteiger partial charge >= 0.3 is 5.97 Å². The second-order valence-electron chi connectivity index (χ2n) is 3.96. The molecule has 1 N–H and O–H groups in total. The van der Waals surface area contributed by atoms with Crippen molar-refractivity contribution in [3.05, 3.63) is 29.3 Å². The van der Waals surface area contributed by atoms with Crippen LogP contribution in [0.3, 0.4) is 0 Å². The first-order valence-corrected chi connectivity index (χ1v) is 6.85. The van der Waals surface area contributed by atoms with Gasteiger partial charge in [-0.2, -0.15) is 0 Å². The van der Waals surface area contributed by atoms with Gasteiger partial charge in [-0.15, -0.1) is 0 Å². The Kier molecular flexibility index (Phi) is 8.02. The molecule has 0 aromatic heterocycles. The first kappa shape index (κ1) is 15.8. The molecular formula is C14H20ClNO3. The van der Waals surface area contributed by atoms with Crippen LogP contribution in [0.25, 0.3) is 0 Å². The van der Waals surface area contributed by atoms with Crippen molar-refractivity contribution in [2.45, 2.75) is 19.8 Å². The molecule has 0 aliphatic heterocycles. The number of benzene rings is 1. The SMILES string of the molecule is CCOC(=O)CCCNCCOc1ccc(Cl)cc1. The van der Waals surface area contributed by atoms with Gasteiger partial charge in [0.1, 0.15) is 12.4 Å². The van der Waals surface area contributed by atoms with E-state index >= 15 is 0 Å². The van der Waals surface area contributed by atoms with Gasteiger partial charge in [0.05, 0.1) is 6.61 Å². The van der Waals surface area contributed by atoms with E-state index in [1.807, 2.05) is 19.1 Å². The van der Waals surface area contributed by atoms with Crippen molar-refractivity contribution >= 4 is 17.6 Å². The molecule has 4 nitrogen and oxygen atoms in total. The second kappa shape index (κ2) is 9.64. The summed E-state index contributed by atoms with van der Waals surface area (Å²) in [5, 5.41) is 3.90. The van der Waals surface area contributed by atoms with Crippen molar-refractivity contribution in [2.75, 3.05) is 26.3 Å². The van der Waals surface area contributed by atoms with Gasteiger partial charge in [-0.25, -0.2) is 0 Å². The van der Waals surface area contributed by atoms with Gasteiger partial charge in [-0.05, 0) is 44.2 Å². The molecule has 0 fully saturated rings. The summed E-state index contributed by atoms with van der Waals surface area (Å²) in [6, 6.07) is 7.26. The molecule has 19 heavy (non-hydrogen) atoms. The average Bonchev–Trinajstić information content (AvgIpc) is 2.40. The number of halogens is 1. The van der Waals surface area contributed by atoms with Crippen molar-refractivity contribution < 1.29 is 14.3 Å². The number of hydrogen-bond donors (Lipinski definition) is 1. The highest BCUT2D eigenvalue weighted by Crippen LogP contribution is 2.14. The predicted octanol–water partition coefficient (Wildman–Crippen LogP) is 2.65. The lowest BCUT2D eigenvalue weighted by Crippen LogP contribution is -2.22. The number of carbonyl (C=O) groups is 1. The molecule has 106 valence electrons. The number of hydrogen-bond acceptors (Lipinski definition) is 4. The quantitative estimate of drug-likeness (QED) is 0.560. The van der Waals surface area contributed by atoms with Crippen molar-refractivity contribution in [3.8, 4) is 5.75 Å². The van der Waals surface area contributed by atoms with E-state index in [0.29, 0.717) is 24.7 Å². The molecule has 0 aliphatic rings.